The van der Waals surface area contributed by atoms with Crippen LogP contribution in [0.4, 0.5) is 0 Å². The van der Waals surface area contributed by atoms with Gasteiger partial charge in [0.15, 0.2) is 0 Å². The average molecular weight is 901 g/mol. The maximum absolute atomic E-state index is 13.1. The van der Waals surface area contributed by atoms with E-state index in [0.717, 1.165) is 40.8 Å². The Morgan fingerprint density at radius 2 is 1.28 bits per heavy atom. The number of aliphatic hydroxyl groups is 2. The summed E-state index contributed by atoms with van der Waals surface area (Å²) in [7, 11) is 0. The first-order valence-electron chi connectivity index (χ1n) is 24.0. The lowest BCUT2D eigenvalue weighted by Gasteiger charge is -2.68. The molecule has 0 aromatic heterocycles. The summed E-state index contributed by atoms with van der Waals surface area (Å²) in [4.78, 5) is 51.4. The lowest BCUT2D eigenvalue weighted by molar-refractivity contribution is -0.252. The molecule has 11 atom stereocenters. The minimum absolute atomic E-state index is 0.0379. The normalized spacial score (nSPS) is 31.3. The molecule has 0 aliphatic heterocycles. The summed E-state index contributed by atoms with van der Waals surface area (Å²) >= 11 is 0. The fraction of sp³-hybridized carbons (Fsp3) is 0.660. The fourth-order valence-corrected chi connectivity index (χ4v) is 13.2. The molecule has 4 fully saturated rings. The third-order valence-corrected chi connectivity index (χ3v) is 16.2. The highest BCUT2D eigenvalue weighted by Crippen LogP contribution is 2.73. The molecule has 65 heavy (non-hydrogen) atoms. The van der Waals surface area contributed by atoms with Gasteiger partial charge in [0.1, 0.15) is 24.9 Å². The molecule has 12 heteroatoms. The van der Waals surface area contributed by atoms with Gasteiger partial charge in [0.25, 0.3) is 0 Å². The van der Waals surface area contributed by atoms with E-state index < -0.39 is 46.5 Å². The molecule has 12 nitrogen and oxygen atoms in total. The second kappa shape index (κ2) is 20.0. The molecule has 0 heterocycles. The summed E-state index contributed by atoms with van der Waals surface area (Å²) in [6, 6.07) is 17.6. The zero-order chi connectivity index (χ0) is 46.7. The van der Waals surface area contributed by atoms with Crippen molar-refractivity contribution in [1.29, 1.82) is 0 Å². The van der Waals surface area contributed by atoms with Gasteiger partial charge in [-0.15, -0.1) is 0 Å². The molecule has 4 saturated carbocycles. The summed E-state index contributed by atoms with van der Waals surface area (Å²) in [5.74, 6) is -1.06. The van der Waals surface area contributed by atoms with E-state index in [1.54, 1.807) is 0 Å². The third-order valence-electron chi connectivity index (χ3n) is 16.2. The quantitative estimate of drug-likeness (QED) is 0.0574. The average Bonchev–Trinajstić information content (AvgIpc) is 3.63. The number of ether oxygens (including phenoxy) is 6. The molecule has 0 saturated heterocycles. The molecule has 0 bridgehead atoms. The minimum atomic E-state index is -0.567. The predicted octanol–water partition coefficient (Wildman–Crippen LogP) is 8.78. The first-order valence-corrected chi connectivity index (χ1v) is 24.0. The van der Waals surface area contributed by atoms with Crippen molar-refractivity contribution in [1.82, 2.24) is 0 Å². The predicted molar refractivity (Wildman–Crippen MR) is 246 cm³/mol. The highest BCUT2D eigenvalue weighted by atomic mass is 16.6. The number of hydrogen-bond acceptors (Lipinski definition) is 12. The number of carbonyl (C=O) groups is 4. The van der Waals surface area contributed by atoms with Crippen LogP contribution >= 0.6 is 0 Å². The molecule has 0 radical (unpaired) electrons. The van der Waals surface area contributed by atoms with Crippen molar-refractivity contribution < 1.29 is 57.8 Å². The number of hydrogen-bond donors (Lipinski definition) is 2. The molecule has 0 unspecified atom stereocenters. The number of aliphatic hydroxyl groups excluding tert-OH is 2. The van der Waals surface area contributed by atoms with Gasteiger partial charge in [0, 0.05) is 17.3 Å². The van der Waals surface area contributed by atoms with Crippen molar-refractivity contribution in [2.75, 3.05) is 39.6 Å². The first kappa shape index (κ1) is 48.8. The van der Waals surface area contributed by atoms with E-state index in [1.165, 1.54) is 0 Å². The molecule has 2 N–H and O–H groups in total. The molecule has 7 rings (SSSR count). The van der Waals surface area contributed by atoms with E-state index in [1.807, 2.05) is 69.3 Å². The lowest BCUT2D eigenvalue weighted by Crippen LogP contribution is -2.67. The van der Waals surface area contributed by atoms with Gasteiger partial charge in [-0.1, -0.05) is 76.2 Å². The highest BCUT2D eigenvalue weighted by Gasteiger charge is 2.70. The van der Waals surface area contributed by atoms with E-state index in [9.17, 15) is 29.4 Å². The van der Waals surface area contributed by atoms with Crippen LogP contribution in [0.15, 0.2) is 54.6 Å². The smallest absolute Gasteiger partial charge is 0.339 e. The van der Waals surface area contributed by atoms with Gasteiger partial charge in [0.05, 0.1) is 57.0 Å². The van der Waals surface area contributed by atoms with E-state index in [-0.39, 0.29) is 99.6 Å². The van der Waals surface area contributed by atoms with Crippen molar-refractivity contribution >= 4 is 45.4 Å². The Hall–Kier alpha value is -4.10. The van der Waals surface area contributed by atoms with Crippen LogP contribution in [0.2, 0.25) is 0 Å². The van der Waals surface area contributed by atoms with Crippen LogP contribution in [0.3, 0.4) is 0 Å². The molecule has 3 aromatic carbocycles. The van der Waals surface area contributed by atoms with Gasteiger partial charge >= 0.3 is 23.9 Å². The van der Waals surface area contributed by atoms with Crippen molar-refractivity contribution in [3.05, 3.63) is 60.2 Å². The van der Waals surface area contributed by atoms with Gasteiger partial charge in [-0.25, -0.2) is 4.79 Å². The summed E-state index contributed by atoms with van der Waals surface area (Å²) in [5, 5.41) is 27.8. The number of esters is 4. The van der Waals surface area contributed by atoms with Crippen LogP contribution in [-0.4, -0.2) is 97.6 Å². The Morgan fingerprint density at radius 3 is 1.92 bits per heavy atom. The molecule has 0 amide bonds. The Bertz CT molecular complexity index is 2130. The van der Waals surface area contributed by atoms with Crippen LogP contribution in [0, 0.1) is 45.8 Å². The maximum atomic E-state index is 13.1. The van der Waals surface area contributed by atoms with Crippen LogP contribution in [-0.2, 0) is 42.8 Å². The Morgan fingerprint density at radius 1 is 0.692 bits per heavy atom. The van der Waals surface area contributed by atoms with Gasteiger partial charge < -0.3 is 38.6 Å². The second-order valence-electron chi connectivity index (χ2n) is 21.2. The maximum Gasteiger partial charge on any atom is 0.339 e. The number of benzene rings is 3. The molecule has 0 spiro atoms. The Labute approximate surface area is 384 Å². The SMILES string of the molecule is C[C@H](CC(=O)OC(C)(C)C)[C@H]1CC[C@@H]2[C@]1(C)[C@@H](O)C[C@@H]1[C@@]3(C)CC[C@@H](OC(=O)CCC(=O)OCCOCCOCCOC(=O)c4c5ccccc5cc5ccccc45)C[C@H]3C[C@@H](O)[C@@]21C. The summed E-state index contributed by atoms with van der Waals surface area (Å²) in [6.07, 6.45) is 3.86. The van der Waals surface area contributed by atoms with Crippen molar-refractivity contribution in [2.24, 2.45) is 45.8 Å². The molecule has 4 aliphatic rings. The largest absolute Gasteiger partial charge is 0.463 e. The zero-order valence-electron chi connectivity index (χ0n) is 39.6. The van der Waals surface area contributed by atoms with E-state index in [2.05, 4.69) is 33.8 Å². The second-order valence-corrected chi connectivity index (χ2v) is 21.2. The minimum Gasteiger partial charge on any atom is -0.463 e. The number of carbonyl (C=O) groups excluding carboxylic acids is 4. The summed E-state index contributed by atoms with van der Waals surface area (Å²) in [6.45, 7) is 15.6. The van der Waals surface area contributed by atoms with Crippen LogP contribution in [0.5, 0.6) is 0 Å². The van der Waals surface area contributed by atoms with Crippen LogP contribution in [0.25, 0.3) is 21.5 Å². The number of fused-ring (bicyclic) bond motifs is 7. The van der Waals surface area contributed by atoms with Gasteiger partial charge in [-0.05, 0) is 128 Å². The molecule has 4 aliphatic carbocycles. The summed E-state index contributed by atoms with van der Waals surface area (Å²) in [5.41, 5.74) is -0.968. The monoisotopic (exact) mass is 901 g/mol. The third kappa shape index (κ3) is 10.3. The van der Waals surface area contributed by atoms with E-state index in [0.29, 0.717) is 37.7 Å². The van der Waals surface area contributed by atoms with E-state index >= 15 is 0 Å². The highest BCUT2D eigenvalue weighted by molar-refractivity contribution is 6.16. The van der Waals surface area contributed by atoms with Crippen LogP contribution in [0.1, 0.15) is 123 Å². The Kier molecular flexibility index (Phi) is 15.0. The lowest BCUT2D eigenvalue weighted by atomic mass is 9.38. The van der Waals surface area contributed by atoms with Gasteiger partial charge in [-0.2, -0.15) is 0 Å². The Balaban J connectivity index is 0.783. The standard InChI is InChI=1S/C53H72O12/c1-33(28-47(58)65-50(2,3)4)40-16-17-41-52(40,6)44(55)32-42-51(5)21-20-37(30-36(51)31-43(54)53(41,42)7)64-46(57)19-18-45(56)62-26-24-60-22-23-61-25-27-63-49(59)48-38-14-10-8-12-34(38)29-35-13-9-11-15-39(35)48/h8-15,29,33,36-37,40-44,54-55H,16-28,30-32H2,1-7H3/t33-,36+,37-,40-,41-,42-,43-,44+,51+,52-,53+/m1/s1. The van der Waals surface area contributed by atoms with E-state index in [4.69, 9.17) is 28.4 Å². The topological polar surface area (TPSA) is 164 Å². The molecule has 356 valence electrons. The molecular formula is C53H72O12. The van der Waals surface area contributed by atoms with Gasteiger partial charge in [-0.3, -0.25) is 14.4 Å². The molecular weight excluding hydrogens is 829 g/mol. The zero-order valence-corrected chi connectivity index (χ0v) is 39.6. The molecule has 3 aromatic rings. The van der Waals surface area contributed by atoms with Crippen LogP contribution < -0.4 is 0 Å². The van der Waals surface area contributed by atoms with Crippen molar-refractivity contribution in [3.63, 3.8) is 0 Å². The fourth-order valence-electron chi connectivity index (χ4n) is 13.2. The van der Waals surface area contributed by atoms with Gasteiger partial charge in [0.2, 0.25) is 0 Å². The number of rotatable bonds is 17. The first-order chi connectivity index (χ1) is 30.9. The summed E-state index contributed by atoms with van der Waals surface area (Å²) < 4.78 is 33.5. The van der Waals surface area contributed by atoms with Crippen molar-refractivity contribution in [3.8, 4) is 0 Å². The van der Waals surface area contributed by atoms with Crippen molar-refractivity contribution in [2.45, 2.75) is 137 Å².